The van der Waals surface area contributed by atoms with E-state index in [9.17, 15) is 9.90 Å². The molecule has 22 heavy (non-hydrogen) atoms. The van der Waals surface area contributed by atoms with Crippen molar-refractivity contribution in [1.82, 2.24) is 25.5 Å². The molecule has 1 aromatic heterocycles. The van der Waals surface area contributed by atoms with Gasteiger partial charge < -0.3 is 10.4 Å². The Morgan fingerprint density at radius 2 is 1.95 bits per heavy atom. The zero-order valence-electron chi connectivity index (χ0n) is 12.9. The van der Waals surface area contributed by atoms with Gasteiger partial charge in [0.25, 0.3) is 0 Å². The van der Waals surface area contributed by atoms with E-state index in [2.05, 4.69) is 20.7 Å². The Morgan fingerprint density at radius 1 is 1.27 bits per heavy atom. The van der Waals surface area contributed by atoms with E-state index in [-0.39, 0.29) is 19.0 Å². The lowest BCUT2D eigenvalue weighted by Crippen LogP contribution is -2.43. The summed E-state index contributed by atoms with van der Waals surface area (Å²) in [6.45, 7) is 3.98. The van der Waals surface area contributed by atoms with E-state index in [0.717, 1.165) is 5.56 Å². The Kier molecular flexibility index (Phi) is 5.21. The normalized spacial score (nSPS) is 11.4. The minimum absolute atomic E-state index is 0.0245. The SMILES string of the molecule is CCC(O)(CC)CNC(=O)Cn1nnc(-c2ccccc2)n1. The summed E-state index contributed by atoms with van der Waals surface area (Å²) in [5, 5.41) is 24.8. The summed E-state index contributed by atoms with van der Waals surface area (Å²) in [4.78, 5) is 13.1. The summed E-state index contributed by atoms with van der Waals surface area (Å²) >= 11 is 0. The second kappa shape index (κ2) is 7.13. The molecule has 0 atom stereocenters. The molecular formula is C15H21N5O2. The Labute approximate surface area is 129 Å². The third kappa shape index (κ3) is 4.11. The van der Waals surface area contributed by atoms with Gasteiger partial charge >= 0.3 is 0 Å². The highest BCUT2D eigenvalue weighted by Crippen LogP contribution is 2.13. The number of carbonyl (C=O) groups excluding carboxylic acids is 1. The minimum atomic E-state index is -0.860. The molecule has 1 aromatic carbocycles. The monoisotopic (exact) mass is 303 g/mol. The number of benzene rings is 1. The van der Waals surface area contributed by atoms with Crippen molar-refractivity contribution in [2.45, 2.75) is 38.8 Å². The molecule has 0 spiro atoms. The largest absolute Gasteiger partial charge is 0.388 e. The molecule has 0 aliphatic rings. The number of hydrogen-bond acceptors (Lipinski definition) is 5. The van der Waals surface area contributed by atoms with Crippen LogP contribution in [0.1, 0.15) is 26.7 Å². The number of amides is 1. The maximum atomic E-state index is 11.9. The summed E-state index contributed by atoms with van der Waals surface area (Å²) in [6.07, 6.45) is 1.17. The molecule has 7 nitrogen and oxygen atoms in total. The van der Waals surface area contributed by atoms with Crippen LogP contribution in [0.4, 0.5) is 0 Å². The summed E-state index contributed by atoms with van der Waals surface area (Å²) < 4.78 is 0. The van der Waals surface area contributed by atoms with E-state index in [4.69, 9.17) is 0 Å². The van der Waals surface area contributed by atoms with Gasteiger partial charge in [0.2, 0.25) is 11.7 Å². The van der Waals surface area contributed by atoms with E-state index in [1.54, 1.807) is 0 Å². The van der Waals surface area contributed by atoms with Gasteiger partial charge in [-0.3, -0.25) is 4.79 Å². The van der Waals surface area contributed by atoms with E-state index in [1.807, 2.05) is 44.2 Å². The van der Waals surface area contributed by atoms with Crippen LogP contribution in [0.3, 0.4) is 0 Å². The molecule has 0 saturated heterocycles. The maximum Gasteiger partial charge on any atom is 0.243 e. The first-order valence-corrected chi connectivity index (χ1v) is 7.38. The van der Waals surface area contributed by atoms with Crippen molar-refractivity contribution in [3.8, 4) is 11.4 Å². The number of carbonyl (C=O) groups is 1. The Morgan fingerprint density at radius 3 is 2.59 bits per heavy atom. The van der Waals surface area contributed by atoms with Crippen molar-refractivity contribution in [3.05, 3.63) is 30.3 Å². The standard InChI is InChI=1S/C15H21N5O2/c1-3-15(22,4-2)11-16-13(21)10-20-18-14(17-19-20)12-8-6-5-7-9-12/h5-9,22H,3-4,10-11H2,1-2H3,(H,16,21). The van der Waals surface area contributed by atoms with Crippen LogP contribution < -0.4 is 5.32 Å². The Hall–Kier alpha value is -2.28. The van der Waals surface area contributed by atoms with Crippen molar-refractivity contribution >= 4 is 5.91 Å². The number of aliphatic hydroxyl groups is 1. The van der Waals surface area contributed by atoms with E-state index in [0.29, 0.717) is 18.7 Å². The van der Waals surface area contributed by atoms with Gasteiger partial charge in [0, 0.05) is 12.1 Å². The van der Waals surface area contributed by atoms with Crippen LogP contribution in [0, 0.1) is 0 Å². The fourth-order valence-corrected chi connectivity index (χ4v) is 1.96. The third-order valence-electron chi connectivity index (χ3n) is 3.70. The average Bonchev–Trinajstić information content (AvgIpc) is 3.02. The van der Waals surface area contributed by atoms with Crippen molar-refractivity contribution in [2.75, 3.05) is 6.54 Å². The van der Waals surface area contributed by atoms with Crippen LogP contribution >= 0.6 is 0 Å². The number of nitrogens with zero attached hydrogens (tertiary/aromatic N) is 4. The summed E-state index contributed by atoms with van der Waals surface area (Å²) in [6, 6.07) is 9.44. The molecular weight excluding hydrogens is 282 g/mol. The molecule has 0 radical (unpaired) electrons. The van der Waals surface area contributed by atoms with Gasteiger partial charge in [-0.1, -0.05) is 44.2 Å². The number of hydrogen-bond donors (Lipinski definition) is 2. The average molecular weight is 303 g/mol. The second-order valence-electron chi connectivity index (χ2n) is 5.22. The van der Waals surface area contributed by atoms with Gasteiger partial charge in [-0.05, 0) is 18.1 Å². The fraction of sp³-hybridized carbons (Fsp3) is 0.467. The minimum Gasteiger partial charge on any atom is -0.388 e. The lowest BCUT2D eigenvalue weighted by Gasteiger charge is -2.25. The van der Waals surface area contributed by atoms with E-state index >= 15 is 0 Å². The van der Waals surface area contributed by atoms with Crippen molar-refractivity contribution in [3.63, 3.8) is 0 Å². The van der Waals surface area contributed by atoms with E-state index < -0.39 is 5.60 Å². The highest BCUT2D eigenvalue weighted by atomic mass is 16.3. The number of tetrazole rings is 1. The predicted octanol–water partition coefficient (Wildman–Crippen LogP) is 1.01. The number of aromatic nitrogens is 4. The molecule has 118 valence electrons. The number of rotatable bonds is 7. The second-order valence-corrected chi connectivity index (χ2v) is 5.22. The Bertz CT molecular complexity index is 607. The summed E-state index contributed by atoms with van der Waals surface area (Å²) in [5.41, 5.74) is -0.0128. The molecule has 0 saturated carbocycles. The van der Waals surface area contributed by atoms with E-state index in [1.165, 1.54) is 4.80 Å². The van der Waals surface area contributed by atoms with Crippen LogP contribution in [0.5, 0.6) is 0 Å². The molecule has 0 aliphatic carbocycles. The zero-order valence-corrected chi connectivity index (χ0v) is 12.9. The quantitative estimate of drug-likeness (QED) is 0.796. The van der Waals surface area contributed by atoms with Crippen LogP contribution in [0.2, 0.25) is 0 Å². The molecule has 2 rings (SSSR count). The van der Waals surface area contributed by atoms with Gasteiger partial charge in [-0.2, -0.15) is 4.80 Å². The molecule has 1 amide bonds. The number of nitrogens with one attached hydrogen (secondary N) is 1. The van der Waals surface area contributed by atoms with Gasteiger partial charge in [0.05, 0.1) is 5.60 Å². The molecule has 1 heterocycles. The third-order valence-corrected chi connectivity index (χ3v) is 3.70. The first-order chi connectivity index (χ1) is 10.6. The van der Waals surface area contributed by atoms with Crippen LogP contribution in [-0.4, -0.2) is 43.4 Å². The highest BCUT2D eigenvalue weighted by Gasteiger charge is 2.22. The van der Waals surface area contributed by atoms with Crippen molar-refractivity contribution < 1.29 is 9.90 Å². The molecule has 0 bridgehead atoms. The van der Waals surface area contributed by atoms with Crippen LogP contribution in [0.25, 0.3) is 11.4 Å². The molecule has 0 aliphatic heterocycles. The first-order valence-electron chi connectivity index (χ1n) is 7.38. The van der Waals surface area contributed by atoms with Crippen molar-refractivity contribution in [2.24, 2.45) is 0 Å². The molecule has 0 fully saturated rings. The summed E-state index contributed by atoms with van der Waals surface area (Å²) in [5.74, 6) is 0.226. The smallest absolute Gasteiger partial charge is 0.243 e. The lowest BCUT2D eigenvalue weighted by molar-refractivity contribution is -0.123. The molecule has 2 N–H and O–H groups in total. The molecule has 2 aromatic rings. The lowest BCUT2D eigenvalue weighted by atomic mass is 9.98. The van der Waals surface area contributed by atoms with Gasteiger partial charge in [0.1, 0.15) is 6.54 Å². The first kappa shape index (κ1) is 16.1. The van der Waals surface area contributed by atoms with Crippen molar-refractivity contribution in [1.29, 1.82) is 0 Å². The zero-order chi connectivity index (χ0) is 16.0. The fourth-order valence-electron chi connectivity index (χ4n) is 1.96. The Balaban J connectivity index is 1.92. The van der Waals surface area contributed by atoms with Gasteiger partial charge in [-0.15, -0.1) is 10.2 Å². The van der Waals surface area contributed by atoms with Crippen LogP contribution in [0.15, 0.2) is 30.3 Å². The topological polar surface area (TPSA) is 92.9 Å². The maximum absolute atomic E-state index is 11.9. The molecule has 0 unspecified atom stereocenters. The molecule has 7 heteroatoms. The van der Waals surface area contributed by atoms with Gasteiger partial charge in [-0.25, -0.2) is 0 Å². The van der Waals surface area contributed by atoms with Gasteiger partial charge in [0.15, 0.2) is 0 Å². The highest BCUT2D eigenvalue weighted by molar-refractivity contribution is 5.75. The predicted molar refractivity (Wildman–Crippen MR) is 81.8 cm³/mol. The van der Waals surface area contributed by atoms with Crippen LogP contribution in [-0.2, 0) is 11.3 Å². The summed E-state index contributed by atoms with van der Waals surface area (Å²) in [7, 11) is 0.